The molecule has 0 spiro atoms. The number of pyridine rings is 1. The molecule has 0 radical (unpaired) electrons. The molecule has 1 nitrogen and oxygen atoms in total. The summed E-state index contributed by atoms with van der Waals surface area (Å²) < 4.78 is 0. The molecular formula is C20H15N. The van der Waals surface area contributed by atoms with Gasteiger partial charge in [-0.15, -0.1) is 0 Å². The molecule has 4 rings (SSSR count). The van der Waals surface area contributed by atoms with Gasteiger partial charge >= 0.3 is 0 Å². The molecule has 0 aliphatic rings. The monoisotopic (exact) mass is 269 g/mol. The van der Waals surface area contributed by atoms with Crippen LogP contribution >= 0.6 is 0 Å². The van der Waals surface area contributed by atoms with Crippen LogP contribution in [0.4, 0.5) is 0 Å². The normalized spacial score (nSPS) is 11.1. The summed E-state index contributed by atoms with van der Waals surface area (Å²) in [6, 6.07) is 25.5. The highest BCUT2D eigenvalue weighted by Gasteiger charge is 2.04. The molecule has 0 atom stereocenters. The second-order valence-electron chi connectivity index (χ2n) is 5.42. The molecule has 0 fully saturated rings. The fraction of sp³-hybridized carbons (Fsp3) is 0.0500. The van der Waals surface area contributed by atoms with E-state index in [0.29, 0.717) is 0 Å². The number of rotatable bonds is 1. The van der Waals surface area contributed by atoms with Crippen LogP contribution in [0.5, 0.6) is 0 Å². The van der Waals surface area contributed by atoms with E-state index in [2.05, 4.69) is 79.7 Å². The minimum Gasteiger partial charge on any atom is -0.247 e. The third kappa shape index (κ3) is 2.07. The molecule has 100 valence electrons. The number of benzene rings is 3. The van der Waals surface area contributed by atoms with Crippen molar-refractivity contribution < 1.29 is 0 Å². The molecule has 0 aliphatic heterocycles. The summed E-state index contributed by atoms with van der Waals surface area (Å²) >= 11 is 0. The summed E-state index contributed by atoms with van der Waals surface area (Å²) in [5, 5.41) is 3.63. The van der Waals surface area contributed by atoms with Crippen molar-refractivity contribution in [2.75, 3.05) is 0 Å². The molecule has 0 aliphatic carbocycles. The van der Waals surface area contributed by atoms with Gasteiger partial charge in [0.05, 0.1) is 11.2 Å². The number of aromatic nitrogens is 1. The third-order valence-corrected chi connectivity index (χ3v) is 3.93. The molecule has 4 aromatic rings. The second kappa shape index (κ2) is 4.71. The van der Waals surface area contributed by atoms with E-state index in [4.69, 9.17) is 4.98 Å². The molecule has 1 aromatic heterocycles. The van der Waals surface area contributed by atoms with Crippen LogP contribution < -0.4 is 0 Å². The predicted molar refractivity (Wildman–Crippen MR) is 89.4 cm³/mol. The summed E-state index contributed by atoms with van der Waals surface area (Å²) in [5.41, 5.74) is 4.53. The summed E-state index contributed by atoms with van der Waals surface area (Å²) in [6.07, 6.45) is 0. The smallest absolute Gasteiger partial charge is 0.0787 e. The zero-order valence-electron chi connectivity index (χ0n) is 11.9. The van der Waals surface area contributed by atoms with Crippen LogP contribution in [0.25, 0.3) is 32.9 Å². The minimum absolute atomic E-state index is 1.03. The first kappa shape index (κ1) is 12.1. The molecule has 0 bridgehead atoms. The number of fused-ring (bicyclic) bond motifs is 3. The van der Waals surface area contributed by atoms with Crippen molar-refractivity contribution in [3.63, 3.8) is 0 Å². The Balaban J connectivity index is 2.00. The van der Waals surface area contributed by atoms with Crippen molar-refractivity contribution in [3.8, 4) is 11.3 Å². The molecular weight excluding hydrogens is 254 g/mol. The third-order valence-electron chi connectivity index (χ3n) is 3.93. The maximum absolute atomic E-state index is 4.90. The van der Waals surface area contributed by atoms with Crippen LogP contribution in [-0.4, -0.2) is 4.98 Å². The summed E-state index contributed by atoms with van der Waals surface area (Å²) in [5.74, 6) is 0. The maximum atomic E-state index is 4.90. The summed E-state index contributed by atoms with van der Waals surface area (Å²) in [6.45, 7) is 2.10. The van der Waals surface area contributed by atoms with E-state index < -0.39 is 0 Å². The molecule has 0 unspecified atom stereocenters. The number of aryl methyl sites for hydroxylation is 1. The van der Waals surface area contributed by atoms with Crippen molar-refractivity contribution in [3.05, 3.63) is 78.4 Å². The van der Waals surface area contributed by atoms with Gasteiger partial charge in [-0.25, -0.2) is 4.98 Å². The van der Waals surface area contributed by atoms with Gasteiger partial charge in [0, 0.05) is 16.3 Å². The lowest BCUT2D eigenvalue weighted by Gasteiger charge is -2.06. The minimum atomic E-state index is 1.03. The fourth-order valence-electron chi connectivity index (χ4n) is 2.74. The summed E-state index contributed by atoms with van der Waals surface area (Å²) in [4.78, 5) is 4.90. The van der Waals surface area contributed by atoms with E-state index in [1.165, 1.54) is 21.7 Å². The van der Waals surface area contributed by atoms with Crippen molar-refractivity contribution in [2.45, 2.75) is 6.92 Å². The lowest BCUT2D eigenvalue weighted by atomic mass is 10.0. The highest BCUT2D eigenvalue weighted by atomic mass is 14.7. The molecule has 0 saturated heterocycles. The SMILES string of the molecule is Cc1ccc(-c2ccc3ccc4ccccc4c3n2)cc1. The predicted octanol–water partition coefficient (Wildman–Crippen LogP) is 5.36. The van der Waals surface area contributed by atoms with E-state index in [-0.39, 0.29) is 0 Å². The quantitative estimate of drug-likeness (QED) is 0.424. The van der Waals surface area contributed by atoms with Crippen molar-refractivity contribution in [2.24, 2.45) is 0 Å². The van der Waals surface area contributed by atoms with Crippen LogP contribution in [0.15, 0.2) is 72.8 Å². The molecule has 1 heteroatoms. The standard InChI is InChI=1S/C20H15N/c1-14-6-8-16(9-7-14)19-13-12-17-11-10-15-4-2-3-5-18(15)20(17)21-19/h2-13H,1H3. The largest absolute Gasteiger partial charge is 0.247 e. The van der Waals surface area contributed by atoms with Crippen molar-refractivity contribution in [1.29, 1.82) is 0 Å². The Bertz CT molecular complexity index is 937. The maximum Gasteiger partial charge on any atom is 0.0787 e. The fourth-order valence-corrected chi connectivity index (χ4v) is 2.74. The first-order chi connectivity index (χ1) is 10.3. The zero-order valence-corrected chi connectivity index (χ0v) is 11.9. The number of hydrogen-bond donors (Lipinski definition) is 0. The highest BCUT2D eigenvalue weighted by molar-refractivity contribution is 6.05. The average Bonchev–Trinajstić information content (AvgIpc) is 2.55. The van der Waals surface area contributed by atoms with E-state index in [1.54, 1.807) is 0 Å². The zero-order chi connectivity index (χ0) is 14.2. The lowest BCUT2D eigenvalue weighted by Crippen LogP contribution is -1.87. The van der Waals surface area contributed by atoms with Gasteiger partial charge in [-0.3, -0.25) is 0 Å². The number of nitrogens with zero attached hydrogens (tertiary/aromatic N) is 1. The van der Waals surface area contributed by atoms with E-state index in [1.807, 2.05) is 0 Å². The van der Waals surface area contributed by atoms with Crippen LogP contribution in [0.2, 0.25) is 0 Å². The van der Waals surface area contributed by atoms with Crippen LogP contribution in [0.3, 0.4) is 0 Å². The Labute approximate surface area is 123 Å². The van der Waals surface area contributed by atoms with Gasteiger partial charge in [-0.1, -0.05) is 72.3 Å². The van der Waals surface area contributed by atoms with Crippen LogP contribution in [0.1, 0.15) is 5.56 Å². The Kier molecular flexibility index (Phi) is 2.71. The Hall–Kier alpha value is -2.67. The van der Waals surface area contributed by atoms with Crippen LogP contribution in [0, 0.1) is 6.92 Å². The molecule has 0 saturated carbocycles. The lowest BCUT2D eigenvalue weighted by molar-refractivity contribution is 1.39. The van der Waals surface area contributed by atoms with E-state index >= 15 is 0 Å². The average molecular weight is 269 g/mol. The second-order valence-corrected chi connectivity index (χ2v) is 5.42. The Morgan fingerprint density at radius 3 is 2.24 bits per heavy atom. The van der Waals surface area contributed by atoms with Gasteiger partial charge < -0.3 is 0 Å². The Morgan fingerprint density at radius 2 is 1.38 bits per heavy atom. The van der Waals surface area contributed by atoms with Gasteiger partial charge in [0.15, 0.2) is 0 Å². The molecule has 3 aromatic carbocycles. The highest BCUT2D eigenvalue weighted by Crippen LogP contribution is 2.27. The van der Waals surface area contributed by atoms with Crippen LogP contribution in [-0.2, 0) is 0 Å². The summed E-state index contributed by atoms with van der Waals surface area (Å²) in [7, 11) is 0. The van der Waals surface area contributed by atoms with Gasteiger partial charge in [-0.05, 0) is 18.4 Å². The molecule has 0 amide bonds. The van der Waals surface area contributed by atoms with Gasteiger partial charge in [0.2, 0.25) is 0 Å². The number of hydrogen-bond acceptors (Lipinski definition) is 1. The Morgan fingerprint density at radius 1 is 0.667 bits per heavy atom. The first-order valence-electron chi connectivity index (χ1n) is 7.17. The van der Waals surface area contributed by atoms with Gasteiger partial charge in [-0.2, -0.15) is 0 Å². The van der Waals surface area contributed by atoms with Crippen molar-refractivity contribution in [1.82, 2.24) is 4.98 Å². The molecule has 21 heavy (non-hydrogen) atoms. The van der Waals surface area contributed by atoms with E-state index in [0.717, 1.165) is 16.8 Å². The van der Waals surface area contributed by atoms with Gasteiger partial charge in [0.1, 0.15) is 0 Å². The molecule has 1 heterocycles. The van der Waals surface area contributed by atoms with Gasteiger partial charge in [0.25, 0.3) is 0 Å². The first-order valence-corrected chi connectivity index (χ1v) is 7.17. The molecule has 0 N–H and O–H groups in total. The van der Waals surface area contributed by atoms with Crippen molar-refractivity contribution >= 4 is 21.7 Å². The topological polar surface area (TPSA) is 12.9 Å². The van der Waals surface area contributed by atoms with E-state index in [9.17, 15) is 0 Å².